The Morgan fingerprint density at radius 2 is 2.14 bits per heavy atom. The molecule has 0 aliphatic carbocycles. The zero-order valence-corrected chi connectivity index (χ0v) is 11.5. The number of nitrogens with two attached hydrogens (primary N) is 1. The fourth-order valence-corrected chi connectivity index (χ4v) is 1.89. The molecule has 2 rings (SSSR count). The summed E-state index contributed by atoms with van der Waals surface area (Å²) in [5.74, 6) is -0.316. The minimum Gasteiger partial charge on any atom is -0.329 e. The maximum Gasteiger partial charge on any atom is 0.277 e. The van der Waals surface area contributed by atoms with Crippen molar-refractivity contribution in [2.75, 3.05) is 13.1 Å². The Labute approximate surface area is 122 Å². The molecular weight excluding hydrogens is 268 g/mol. The molecule has 0 bridgehead atoms. The minimum absolute atomic E-state index is 0.00250. The van der Waals surface area contributed by atoms with Gasteiger partial charge in [-0.1, -0.05) is 35.5 Å². The number of nitriles is 1. The van der Waals surface area contributed by atoms with Gasteiger partial charge < -0.3 is 10.6 Å². The molecule has 0 radical (unpaired) electrons. The Morgan fingerprint density at radius 1 is 1.38 bits per heavy atom. The second kappa shape index (κ2) is 7.17. The Morgan fingerprint density at radius 3 is 2.81 bits per heavy atom. The van der Waals surface area contributed by atoms with Crippen LogP contribution in [-0.4, -0.2) is 38.9 Å². The first-order chi connectivity index (χ1) is 10.2. The first-order valence-corrected chi connectivity index (χ1v) is 6.55. The van der Waals surface area contributed by atoms with Crippen molar-refractivity contribution in [3.05, 3.63) is 47.8 Å². The first kappa shape index (κ1) is 14.7. The molecule has 2 N–H and O–H groups in total. The number of carbonyl (C=O) groups is 1. The van der Waals surface area contributed by atoms with Crippen molar-refractivity contribution >= 4 is 5.91 Å². The SMILES string of the molecule is N#CCN(Cc1ccccc1)C(=O)c1cn(CCN)nn1. The molecular formula is C14H16N6O. The summed E-state index contributed by atoms with van der Waals surface area (Å²) in [7, 11) is 0. The topological polar surface area (TPSA) is 101 Å². The Hall–Kier alpha value is -2.72. The van der Waals surface area contributed by atoms with Gasteiger partial charge in [0.25, 0.3) is 5.91 Å². The van der Waals surface area contributed by atoms with Crippen molar-refractivity contribution in [3.8, 4) is 6.07 Å². The van der Waals surface area contributed by atoms with Crippen LogP contribution in [0.25, 0.3) is 0 Å². The first-order valence-electron chi connectivity index (χ1n) is 6.55. The zero-order valence-electron chi connectivity index (χ0n) is 11.5. The van der Waals surface area contributed by atoms with Gasteiger partial charge in [-0.05, 0) is 5.56 Å². The summed E-state index contributed by atoms with van der Waals surface area (Å²) in [6.45, 7) is 1.27. The summed E-state index contributed by atoms with van der Waals surface area (Å²) in [6, 6.07) is 11.5. The van der Waals surface area contributed by atoms with E-state index in [-0.39, 0.29) is 18.1 Å². The summed E-state index contributed by atoms with van der Waals surface area (Å²) in [4.78, 5) is 13.8. The molecule has 108 valence electrons. The van der Waals surface area contributed by atoms with Gasteiger partial charge in [0.05, 0.1) is 18.8 Å². The molecule has 1 aromatic heterocycles. The molecule has 7 nitrogen and oxygen atoms in total. The van der Waals surface area contributed by atoms with Gasteiger partial charge in [-0.2, -0.15) is 5.26 Å². The molecule has 1 amide bonds. The molecule has 2 aromatic rings. The molecule has 7 heteroatoms. The highest BCUT2D eigenvalue weighted by molar-refractivity contribution is 5.92. The van der Waals surface area contributed by atoms with Gasteiger partial charge in [0.2, 0.25) is 0 Å². The van der Waals surface area contributed by atoms with Crippen molar-refractivity contribution in [1.29, 1.82) is 5.26 Å². The van der Waals surface area contributed by atoms with Gasteiger partial charge in [0.1, 0.15) is 6.54 Å². The third-order valence-electron chi connectivity index (χ3n) is 2.88. The van der Waals surface area contributed by atoms with Crippen LogP contribution < -0.4 is 5.73 Å². The summed E-state index contributed by atoms with van der Waals surface area (Å²) in [5, 5.41) is 16.6. The highest BCUT2D eigenvalue weighted by atomic mass is 16.2. The molecule has 0 spiro atoms. The Kier molecular flexibility index (Phi) is 5.01. The van der Waals surface area contributed by atoms with Crippen LogP contribution in [-0.2, 0) is 13.1 Å². The van der Waals surface area contributed by atoms with E-state index in [1.165, 1.54) is 9.58 Å². The number of nitrogens with zero attached hydrogens (tertiary/aromatic N) is 5. The third-order valence-corrected chi connectivity index (χ3v) is 2.88. The zero-order chi connectivity index (χ0) is 15.1. The lowest BCUT2D eigenvalue weighted by Crippen LogP contribution is -2.31. The van der Waals surface area contributed by atoms with E-state index >= 15 is 0 Å². The van der Waals surface area contributed by atoms with Crippen LogP contribution in [0.1, 0.15) is 16.1 Å². The largest absolute Gasteiger partial charge is 0.329 e. The maximum atomic E-state index is 12.4. The smallest absolute Gasteiger partial charge is 0.277 e. The van der Waals surface area contributed by atoms with Gasteiger partial charge in [-0.3, -0.25) is 9.48 Å². The van der Waals surface area contributed by atoms with Gasteiger partial charge in [0, 0.05) is 13.1 Å². The summed E-state index contributed by atoms with van der Waals surface area (Å²) >= 11 is 0. The highest BCUT2D eigenvalue weighted by Crippen LogP contribution is 2.08. The lowest BCUT2D eigenvalue weighted by molar-refractivity contribution is 0.0759. The fraction of sp³-hybridized carbons (Fsp3) is 0.286. The van der Waals surface area contributed by atoms with Crippen LogP contribution >= 0.6 is 0 Å². The van der Waals surface area contributed by atoms with Crippen LogP contribution in [0.3, 0.4) is 0 Å². The average molecular weight is 284 g/mol. The summed E-state index contributed by atoms with van der Waals surface area (Å²) in [5.41, 5.74) is 6.60. The van der Waals surface area contributed by atoms with E-state index in [4.69, 9.17) is 11.0 Å². The molecule has 1 heterocycles. The summed E-state index contributed by atoms with van der Waals surface area (Å²) in [6.07, 6.45) is 1.55. The number of aromatic nitrogens is 3. The van der Waals surface area contributed by atoms with E-state index in [2.05, 4.69) is 10.3 Å². The monoisotopic (exact) mass is 284 g/mol. The third kappa shape index (κ3) is 3.87. The molecule has 0 saturated carbocycles. The molecule has 0 saturated heterocycles. The number of carbonyl (C=O) groups excluding carboxylic acids is 1. The number of amides is 1. The minimum atomic E-state index is -0.316. The Bertz CT molecular complexity index is 630. The Balaban J connectivity index is 2.13. The van der Waals surface area contributed by atoms with Crippen molar-refractivity contribution in [1.82, 2.24) is 19.9 Å². The predicted molar refractivity (Wildman–Crippen MR) is 75.9 cm³/mol. The van der Waals surface area contributed by atoms with Crippen LogP contribution in [0.4, 0.5) is 0 Å². The van der Waals surface area contributed by atoms with Crippen LogP contribution in [0, 0.1) is 11.3 Å². The number of hydrogen-bond donors (Lipinski definition) is 1. The highest BCUT2D eigenvalue weighted by Gasteiger charge is 2.19. The average Bonchev–Trinajstić information content (AvgIpc) is 2.96. The van der Waals surface area contributed by atoms with Gasteiger partial charge in [-0.15, -0.1) is 5.10 Å². The molecule has 21 heavy (non-hydrogen) atoms. The maximum absolute atomic E-state index is 12.4. The number of rotatable bonds is 6. The molecule has 0 atom stereocenters. The number of benzene rings is 1. The van der Waals surface area contributed by atoms with Crippen molar-refractivity contribution < 1.29 is 4.79 Å². The second-order valence-corrected chi connectivity index (χ2v) is 4.46. The van der Waals surface area contributed by atoms with Crippen molar-refractivity contribution in [3.63, 3.8) is 0 Å². The summed E-state index contributed by atoms with van der Waals surface area (Å²) < 4.78 is 1.51. The standard InChI is InChI=1S/C14H16N6O/c15-6-8-19(10-12-4-2-1-3-5-12)14(21)13-11-20(9-7-16)18-17-13/h1-5,11H,7-10,16H2. The predicted octanol–water partition coefficient (Wildman–Crippen LogP) is 0.403. The normalized spacial score (nSPS) is 10.1. The van der Waals surface area contributed by atoms with Crippen LogP contribution in [0.15, 0.2) is 36.5 Å². The van der Waals surface area contributed by atoms with Gasteiger partial charge in [0.15, 0.2) is 5.69 Å². The molecule has 0 aliphatic heterocycles. The fourth-order valence-electron chi connectivity index (χ4n) is 1.89. The van der Waals surface area contributed by atoms with E-state index < -0.39 is 0 Å². The lowest BCUT2D eigenvalue weighted by Gasteiger charge is -2.18. The molecule has 0 unspecified atom stereocenters. The van der Waals surface area contributed by atoms with E-state index in [0.717, 1.165) is 5.56 Å². The van der Waals surface area contributed by atoms with E-state index in [0.29, 0.717) is 19.6 Å². The molecule has 0 fully saturated rings. The lowest BCUT2D eigenvalue weighted by atomic mass is 10.2. The van der Waals surface area contributed by atoms with Gasteiger partial charge >= 0.3 is 0 Å². The van der Waals surface area contributed by atoms with Crippen molar-refractivity contribution in [2.45, 2.75) is 13.1 Å². The molecule has 1 aromatic carbocycles. The van der Waals surface area contributed by atoms with Crippen molar-refractivity contribution in [2.24, 2.45) is 5.73 Å². The number of hydrogen-bond acceptors (Lipinski definition) is 5. The van der Waals surface area contributed by atoms with Crippen LogP contribution in [0.2, 0.25) is 0 Å². The van der Waals surface area contributed by atoms with E-state index in [1.54, 1.807) is 6.20 Å². The van der Waals surface area contributed by atoms with Gasteiger partial charge in [-0.25, -0.2) is 0 Å². The van der Waals surface area contributed by atoms with E-state index in [1.807, 2.05) is 36.4 Å². The van der Waals surface area contributed by atoms with E-state index in [9.17, 15) is 4.79 Å². The quantitative estimate of drug-likeness (QED) is 0.774. The van der Waals surface area contributed by atoms with Crippen LogP contribution in [0.5, 0.6) is 0 Å². The second-order valence-electron chi connectivity index (χ2n) is 4.46. The molecule has 0 aliphatic rings.